The first-order valence-electron chi connectivity index (χ1n) is 8.47. The van der Waals surface area contributed by atoms with Crippen LogP contribution < -0.4 is 4.72 Å². The van der Waals surface area contributed by atoms with Crippen LogP contribution in [0, 0.1) is 0 Å². The number of carbonyl (C=O) groups excluding carboxylic acids is 1. The molecule has 1 aliphatic rings. The molecule has 1 N–H and O–H groups in total. The lowest BCUT2D eigenvalue weighted by molar-refractivity contribution is 0.0734. The molecule has 0 atom stereocenters. The van der Waals surface area contributed by atoms with Gasteiger partial charge in [0, 0.05) is 25.2 Å². The highest BCUT2D eigenvalue weighted by Gasteiger charge is 2.22. The normalized spacial score (nSPS) is 14.2. The Morgan fingerprint density at radius 3 is 2.44 bits per heavy atom. The minimum atomic E-state index is -3.50. The maximum atomic E-state index is 12.7. The van der Waals surface area contributed by atoms with Gasteiger partial charge < -0.3 is 4.90 Å². The van der Waals surface area contributed by atoms with E-state index < -0.39 is 10.0 Å². The van der Waals surface area contributed by atoms with Crippen LogP contribution in [0.15, 0.2) is 53.4 Å². The van der Waals surface area contributed by atoms with Gasteiger partial charge in [-0.15, -0.1) is 0 Å². The average Bonchev–Trinajstić information content (AvgIpc) is 2.65. The molecule has 2 aromatic carbocycles. The van der Waals surface area contributed by atoms with Gasteiger partial charge in [-0.1, -0.05) is 31.2 Å². The second-order valence-corrected chi connectivity index (χ2v) is 7.93. The molecule has 25 heavy (non-hydrogen) atoms. The molecule has 3 rings (SSSR count). The first-order chi connectivity index (χ1) is 12.0. The lowest BCUT2D eigenvalue weighted by Gasteiger charge is -2.29. The van der Waals surface area contributed by atoms with Crippen molar-refractivity contribution in [2.45, 2.75) is 31.2 Å². The molecule has 0 fully saturated rings. The molecule has 0 aromatic heterocycles. The van der Waals surface area contributed by atoms with E-state index in [0.29, 0.717) is 25.2 Å². The van der Waals surface area contributed by atoms with Crippen molar-refractivity contribution in [3.05, 3.63) is 65.2 Å². The maximum absolute atomic E-state index is 12.7. The van der Waals surface area contributed by atoms with E-state index in [-0.39, 0.29) is 10.8 Å². The third-order valence-electron chi connectivity index (χ3n) is 4.37. The van der Waals surface area contributed by atoms with Crippen molar-refractivity contribution in [2.75, 3.05) is 13.1 Å². The third kappa shape index (κ3) is 3.91. The van der Waals surface area contributed by atoms with Crippen molar-refractivity contribution < 1.29 is 13.2 Å². The Morgan fingerprint density at radius 2 is 1.76 bits per heavy atom. The van der Waals surface area contributed by atoms with E-state index in [0.717, 1.165) is 12.8 Å². The Bertz CT molecular complexity index is 860. The number of carbonyl (C=O) groups is 1. The number of rotatable bonds is 5. The van der Waals surface area contributed by atoms with Crippen molar-refractivity contribution in [3.63, 3.8) is 0 Å². The predicted octanol–water partition coefficient (Wildman–Crippen LogP) is 2.57. The van der Waals surface area contributed by atoms with Crippen molar-refractivity contribution in [1.82, 2.24) is 9.62 Å². The number of hydrogen-bond donors (Lipinski definition) is 1. The molecular weight excluding hydrogens is 336 g/mol. The lowest BCUT2D eigenvalue weighted by Crippen LogP contribution is -2.35. The van der Waals surface area contributed by atoms with Crippen LogP contribution in [0.3, 0.4) is 0 Å². The lowest BCUT2D eigenvalue weighted by atomic mass is 9.99. The number of benzene rings is 2. The highest BCUT2D eigenvalue weighted by Crippen LogP contribution is 2.21. The van der Waals surface area contributed by atoms with Crippen LogP contribution in [0.4, 0.5) is 0 Å². The van der Waals surface area contributed by atoms with E-state index in [1.807, 2.05) is 25.1 Å². The quantitative estimate of drug-likeness (QED) is 0.893. The summed E-state index contributed by atoms with van der Waals surface area (Å²) in [5, 5.41) is 0. The van der Waals surface area contributed by atoms with Crippen LogP contribution in [-0.4, -0.2) is 32.3 Å². The molecule has 6 heteroatoms. The van der Waals surface area contributed by atoms with Gasteiger partial charge in [-0.05, 0) is 48.2 Å². The van der Waals surface area contributed by atoms with Gasteiger partial charge in [0.2, 0.25) is 10.0 Å². The van der Waals surface area contributed by atoms with Crippen LogP contribution in [0.2, 0.25) is 0 Å². The molecule has 132 valence electrons. The molecule has 0 bridgehead atoms. The van der Waals surface area contributed by atoms with Crippen LogP contribution in [0.5, 0.6) is 0 Å². The highest BCUT2D eigenvalue weighted by molar-refractivity contribution is 7.89. The summed E-state index contributed by atoms with van der Waals surface area (Å²) >= 11 is 0. The first-order valence-corrected chi connectivity index (χ1v) is 9.95. The fraction of sp³-hybridized carbons (Fsp3) is 0.316. The number of nitrogens with zero attached hydrogens (tertiary/aromatic N) is 1. The second-order valence-electron chi connectivity index (χ2n) is 6.17. The Kier molecular flexibility index (Phi) is 5.20. The minimum absolute atomic E-state index is 0.0695. The van der Waals surface area contributed by atoms with Crippen LogP contribution >= 0.6 is 0 Å². The van der Waals surface area contributed by atoms with Gasteiger partial charge in [0.1, 0.15) is 0 Å². The van der Waals surface area contributed by atoms with E-state index in [4.69, 9.17) is 0 Å². The van der Waals surface area contributed by atoms with Gasteiger partial charge in [0.05, 0.1) is 4.90 Å². The number of nitrogens with one attached hydrogen (secondary N) is 1. The minimum Gasteiger partial charge on any atom is -0.334 e. The molecule has 0 aliphatic carbocycles. The molecule has 1 aliphatic heterocycles. The largest absolute Gasteiger partial charge is 0.334 e. The summed E-state index contributed by atoms with van der Waals surface area (Å²) in [5.74, 6) is -0.0695. The van der Waals surface area contributed by atoms with Gasteiger partial charge in [0.25, 0.3) is 5.91 Å². The average molecular weight is 358 g/mol. The summed E-state index contributed by atoms with van der Waals surface area (Å²) < 4.78 is 26.7. The summed E-state index contributed by atoms with van der Waals surface area (Å²) in [5.41, 5.74) is 2.97. The summed E-state index contributed by atoms with van der Waals surface area (Å²) in [4.78, 5) is 14.7. The zero-order chi connectivity index (χ0) is 17.9. The zero-order valence-electron chi connectivity index (χ0n) is 14.2. The molecule has 0 saturated carbocycles. The number of sulfonamides is 1. The Balaban J connectivity index is 1.74. The maximum Gasteiger partial charge on any atom is 0.254 e. The van der Waals surface area contributed by atoms with Crippen molar-refractivity contribution in [2.24, 2.45) is 0 Å². The molecule has 0 spiro atoms. The van der Waals surface area contributed by atoms with Crippen molar-refractivity contribution in [3.8, 4) is 0 Å². The molecule has 0 radical (unpaired) electrons. The van der Waals surface area contributed by atoms with E-state index in [1.54, 1.807) is 17.0 Å². The summed E-state index contributed by atoms with van der Waals surface area (Å²) in [6, 6.07) is 14.3. The molecule has 5 nitrogen and oxygen atoms in total. The van der Waals surface area contributed by atoms with Crippen LogP contribution in [0.1, 0.15) is 34.8 Å². The fourth-order valence-corrected chi connectivity index (χ4v) is 4.08. The van der Waals surface area contributed by atoms with Gasteiger partial charge >= 0.3 is 0 Å². The standard InChI is InChI=1S/C19H22N2O3S/c1-2-12-20-25(23,24)18-9-7-16(8-10-18)19(22)21-13-11-15-5-3-4-6-17(15)14-21/h3-10,20H,2,11-14H2,1H3. The molecule has 0 unspecified atom stereocenters. The monoisotopic (exact) mass is 358 g/mol. The Hall–Kier alpha value is -2.18. The van der Waals surface area contributed by atoms with Gasteiger partial charge in [0.15, 0.2) is 0 Å². The van der Waals surface area contributed by atoms with Crippen LogP contribution in [0.25, 0.3) is 0 Å². The molecule has 0 saturated heterocycles. The Labute approximate surface area is 148 Å². The molecule has 2 aromatic rings. The Morgan fingerprint density at radius 1 is 1.08 bits per heavy atom. The summed E-state index contributed by atoms with van der Waals surface area (Å²) in [7, 11) is -3.50. The molecular formula is C19H22N2O3S. The summed E-state index contributed by atoms with van der Waals surface area (Å²) in [6.07, 6.45) is 1.57. The number of hydrogen-bond acceptors (Lipinski definition) is 3. The summed E-state index contributed by atoms with van der Waals surface area (Å²) in [6.45, 7) is 3.57. The third-order valence-corrected chi connectivity index (χ3v) is 5.85. The van der Waals surface area contributed by atoms with Gasteiger partial charge in [-0.25, -0.2) is 13.1 Å². The van der Waals surface area contributed by atoms with E-state index in [2.05, 4.69) is 10.8 Å². The number of amides is 1. The fourth-order valence-electron chi connectivity index (χ4n) is 2.95. The SMILES string of the molecule is CCCNS(=O)(=O)c1ccc(C(=O)N2CCc3ccccc3C2)cc1. The van der Waals surface area contributed by atoms with E-state index in [9.17, 15) is 13.2 Å². The van der Waals surface area contributed by atoms with E-state index in [1.165, 1.54) is 23.3 Å². The number of fused-ring (bicyclic) bond motifs is 1. The van der Waals surface area contributed by atoms with Crippen molar-refractivity contribution >= 4 is 15.9 Å². The highest BCUT2D eigenvalue weighted by atomic mass is 32.2. The van der Waals surface area contributed by atoms with E-state index >= 15 is 0 Å². The molecule has 1 heterocycles. The second kappa shape index (κ2) is 7.37. The van der Waals surface area contributed by atoms with Crippen molar-refractivity contribution in [1.29, 1.82) is 0 Å². The molecule has 1 amide bonds. The topological polar surface area (TPSA) is 66.5 Å². The smallest absolute Gasteiger partial charge is 0.254 e. The van der Waals surface area contributed by atoms with Gasteiger partial charge in [-0.2, -0.15) is 0 Å². The zero-order valence-corrected chi connectivity index (χ0v) is 15.1. The van der Waals surface area contributed by atoms with Gasteiger partial charge in [-0.3, -0.25) is 4.79 Å². The first kappa shape index (κ1) is 17.6. The predicted molar refractivity (Wildman–Crippen MR) is 96.8 cm³/mol. The van der Waals surface area contributed by atoms with Crippen LogP contribution in [-0.2, 0) is 23.0 Å².